The second kappa shape index (κ2) is 3.01. The predicted molar refractivity (Wildman–Crippen MR) is 51.1 cm³/mol. The molecule has 0 aromatic carbocycles. The van der Waals surface area contributed by atoms with Crippen molar-refractivity contribution in [1.29, 1.82) is 0 Å². The summed E-state index contributed by atoms with van der Waals surface area (Å²) in [7, 11) is 0. The molecule has 0 saturated carbocycles. The highest BCUT2D eigenvalue weighted by molar-refractivity contribution is 5.90. The zero-order valence-corrected chi connectivity index (χ0v) is 7.10. The van der Waals surface area contributed by atoms with E-state index in [0.717, 1.165) is 11.1 Å². The number of primary amides is 1. The second-order valence-electron chi connectivity index (χ2n) is 3.15. The summed E-state index contributed by atoms with van der Waals surface area (Å²) >= 11 is 0. The highest BCUT2D eigenvalue weighted by Crippen LogP contribution is 2.29. The Morgan fingerprint density at radius 1 is 1.62 bits per heavy atom. The highest BCUT2D eigenvalue weighted by atomic mass is 16.1. The highest BCUT2D eigenvalue weighted by Gasteiger charge is 2.20. The van der Waals surface area contributed by atoms with Crippen LogP contribution in [0.4, 0.5) is 0 Å². The average Bonchev–Trinajstić information content (AvgIpc) is 2.51. The third kappa shape index (κ3) is 1.45. The first-order valence-corrected chi connectivity index (χ1v) is 4.18. The van der Waals surface area contributed by atoms with Crippen molar-refractivity contribution in [3.8, 4) is 0 Å². The molecule has 0 bridgehead atoms. The van der Waals surface area contributed by atoms with Crippen LogP contribution in [0, 0.1) is 5.92 Å². The molecule has 0 aromatic rings. The van der Waals surface area contributed by atoms with Gasteiger partial charge in [0.2, 0.25) is 5.91 Å². The summed E-state index contributed by atoms with van der Waals surface area (Å²) in [5.74, 6) is -0.163. The van der Waals surface area contributed by atoms with Crippen molar-refractivity contribution >= 4 is 12.1 Å². The van der Waals surface area contributed by atoms with Crippen molar-refractivity contribution in [2.75, 3.05) is 0 Å². The van der Waals surface area contributed by atoms with Crippen molar-refractivity contribution in [2.24, 2.45) is 16.6 Å². The molecule has 3 heteroatoms. The molecule has 0 aromatic heterocycles. The van der Waals surface area contributed by atoms with Crippen LogP contribution in [0.2, 0.25) is 0 Å². The quantitative estimate of drug-likeness (QED) is 0.665. The van der Waals surface area contributed by atoms with Gasteiger partial charge in [-0.05, 0) is 11.1 Å². The van der Waals surface area contributed by atoms with Crippen molar-refractivity contribution in [1.82, 2.24) is 0 Å². The SMILES string of the molecule is NC(=O)CC1C=CC=C2C=NC=C21. The first-order chi connectivity index (χ1) is 6.27. The molecule has 0 spiro atoms. The van der Waals surface area contributed by atoms with Gasteiger partial charge in [-0.1, -0.05) is 18.2 Å². The minimum Gasteiger partial charge on any atom is -0.370 e. The van der Waals surface area contributed by atoms with E-state index in [1.165, 1.54) is 0 Å². The smallest absolute Gasteiger partial charge is 0.218 e. The van der Waals surface area contributed by atoms with Crippen LogP contribution < -0.4 is 5.73 Å². The van der Waals surface area contributed by atoms with E-state index in [2.05, 4.69) is 4.99 Å². The van der Waals surface area contributed by atoms with E-state index in [-0.39, 0.29) is 11.8 Å². The fourth-order valence-electron chi connectivity index (χ4n) is 1.59. The number of nitrogens with two attached hydrogens (primary N) is 1. The molecular weight excluding hydrogens is 164 g/mol. The van der Waals surface area contributed by atoms with E-state index in [9.17, 15) is 4.79 Å². The summed E-state index contributed by atoms with van der Waals surface area (Å²) < 4.78 is 0. The Balaban J connectivity index is 2.20. The maximum Gasteiger partial charge on any atom is 0.218 e. The van der Waals surface area contributed by atoms with E-state index in [1.807, 2.05) is 18.2 Å². The molecule has 1 amide bonds. The van der Waals surface area contributed by atoms with Crippen LogP contribution in [0.15, 0.2) is 40.6 Å². The third-order valence-corrected chi connectivity index (χ3v) is 2.20. The van der Waals surface area contributed by atoms with E-state index in [0.29, 0.717) is 6.42 Å². The van der Waals surface area contributed by atoms with Gasteiger partial charge in [0.15, 0.2) is 0 Å². The van der Waals surface area contributed by atoms with Crippen LogP contribution in [0.3, 0.4) is 0 Å². The van der Waals surface area contributed by atoms with Gasteiger partial charge in [-0.15, -0.1) is 0 Å². The zero-order valence-electron chi connectivity index (χ0n) is 7.10. The van der Waals surface area contributed by atoms with Gasteiger partial charge in [-0.2, -0.15) is 0 Å². The normalized spacial score (nSPS) is 23.8. The molecule has 1 heterocycles. The molecule has 3 nitrogen and oxygen atoms in total. The Hall–Kier alpha value is -1.64. The number of hydrogen-bond donors (Lipinski definition) is 1. The number of aliphatic imine (C=N–C) groups is 1. The minimum absolute atomic E-state index is 0.111. The van der Waals surface area contributed by atoms with Crippen molar-refractivity contribution in [2.45, 2.75) is 6.42 Å². The molecule has 1 aliphatic carbocycles. The maximum atomic E-state index is 10.8. The van der Waals surface area contributed by atoms with Gasteiger partial charge < -0.3 is 5.73 Å². The van der Waals surface area contributed by atoms with Gasteiger partial charge in [-0.3, -0.25) is 9.79 Å². The van der Waals surface area contributed by atoms with Crippen molar-refractivity contribution < 1.29 is 4.79 Å². The third-order valence-electron chi connectivity index (χ3n) is 2.20. The molecule has 0 radical (unpaired) electrons. The standard InChI is InChI=1S/C10H10N2O/c11-10(13)4-7-2-1-3-8-5-12-6-9(7)8/h1-3,5-7H,4H2,(H2,11,13). The fraction of sp³-hybridized carbons (Fsp3) is 0.200. The van der Waals surface area contributed by atoms with Crippen LogP contribution in [0.1, 0.15) is 6.42 Å². The van der Waals surface area contributed by atoms with E-state index in [1.54, 1.807) is 12.4 Å². The van der Waals surface area contributed by atoms with E-state index < -0.39 is 0 Å². The van der Waals surface area contributed by atoms with E-state index in [4.69, 9.17) is 5.73 Å². The molecule has 1 atom stereocenters. The summed E-state index contributed by atoms with van der Waals surface area (Å²) in [6, 6.07) is 0. The lowest BCUT2D eigenvalue weighted by Crippen LogP contribution is -2.17. The number of amides is 1. The van der Waals surface area contributed by atoms with E-state index >= 15 is 0 Å². The van der Waals surface area contributed by atoms with Crippen molar-refractivity contribution in [3.63, 3.8) is 0 Å². The molecule has 2 rings (SSSR count). The first kappa shape index (κ1) is 7.98. The molecule has 2 N–H and O–H groups in total. The van der Waals surface area contributed by atoms with Gasteiger partial charge in [0.1, 0.15) is 0 Å². The number of carbonyl (C=O) groups excluding carboxylic acids is 1. The van der Waals surface area contributed by atoms with Crippen molar-refractivity contribution in [3.05, 3.63) is 35.6 Å². The Morgan fingerprint density at radius 3 is 3.23 bits per heavy atom. The summed E-state index contributed by atoms with van der Waals surface area (Å²) in [4.78, 5) is 14.8. The van der Waals surface area contributed by atoms with Crippen LogP contribution in [-0.4, -0.2) is 12.1 Å². The lowest BCUT2D eigenvalue weighted by Gasteiger charge is -2.15. The van der Waals surface area contributed by atoms with Gasteiger partial charge in [-0.25, -0.2) is 0 Å². The minimum atomic E-state index is -0.274. The first-order valence-electron chi connectivity index (χ1n) is 4.18. The number of hydrogen-bond acceptors (Lipinski definition) is 2. The van der Waals surface area contributed by atoms with Crippen LogP contribution in [-0.2, 0) is 4.79 Å². The molecule has 0 saturated heterocycles. The number of allylic oxidation sites excluding steroid dienone is 5. The summed E-state index contributed by atoms with van der Waals surface area (Å²) in [6.07, 6.45) is 9.87. The number of fused-ring (bicyclic) bond motifs is 1. The van der Waals surface area contributed by atoms with Gasteiger partial charge >= 0.3 is 0 Å². The summed E-state index contributed by atoms with van der Waals surface area (Å²) in [6.45, 7) is 0. The molecular formula is C10H10N2O. The molecule has 1 aliphatic heterocycles. The Kier molecular flexibility index (Phi) is 1.85. The summed E-state index contributed by atoms with van der Waals surface area (Å²) in [5.41, 5.74) is 7.34. The lowest BCUT2D eigenvalue weighted by atomic mass is 9.88. The number of carbonyl (C=O) groups is 1. The topological polar surface area (TPSA) is 55.5 Å². The molecule has 1 unspecified atom stereocenters. The maximum absolute atomic E-state index is 10.8. The Labute approximate surface area is 76.3 Å². The fourth-order valence-corrected chi connectivity index (χ4v) is 1.59. The van der Waals surface area contributed by atoms with Gasteiger partial charge in [0.05, 0.1) is 0 Å². The molecule has 66 valence electrons. The van der Waals surface area contributed by atoms with Crippen LogP contribution in [0.5, 0.6) is 0 Å². The molecule has 0 fully saturated rings. The van der Waals surface area contributed by atoms with Gasteiger partial charge in [0.25, 0.3) is 0 Å². The molecule has 2 aliphatic rings. The van der Waals surface area contributed by atoms with Crippen LogP contribution in [0.25, 0.3) is 0 Å². The predicted octanol–water partition coefficient (Wildman–Crippen LogP) is 0.943. The lowest BCUT2D eigenvalue weighted by molar-refractivity contribution is -0.118. The Bertz CT molecular complexity index is 361. The Morgan fingerprint density at radius 2 is 2.46 bits per heavy atom. The summed E-state index contributed by atoms with van der Waals surface area (Å²) in [5, 5.41) is 0. The largest absolute Gasteiger partial charge is 0.370 e. The van der Waals surface area contributed by atoms with Crippen LogP contribution >= 0.6 is 0 Å². The zero-order chi connectivity index (χ0) is 9.26. The molecule has 13 heavy (non-hydrogen) atoms. The number of nitrogens with zero attached hydrogens (tertiary/aromatic N) is 1. The monoisotopic (exact) mass is 174 g/mol. The number of rotatable bonds is 2. The van der Waals surface area contributed by atoms with Gasteiger partial charge in [0, 0.05) is 24.8 Å². The second-order valence-corrected chi connectivity index (χ2v) is 3.15. The average molecular weight is 174 g/mol.